The van der Waals surface area contributed by atoms with Gasteiger partial charge in [-0.2, -0.15) is 0 Å². The summed E-state index contributed by atoms with van der Waals surface area (Å²) in [5.41, 5.74) is 0.896. The predicted molar refractivity (Wildman–Crippen MR) is 60.0 cm³/mol. The van der Waals surface area contributed by atoms with Gasteiger partial charge in [0, 0.05) is 11.6 Å². The van der Waals surface area contributed by atoms with Crippen molar-refractivity contribution in [2.45, 2.75) is 13.0 Å². The molecule has 6 heteroatoms. The van der Waals surface area contributed by atoms with Crippen molar-refractivity contribution in [1.29, 1.82) is 0 Å². The van der Waals surface area contributed by atoms with Gasteiger partial charge in [-0.3, -0.25) is 9.59 Å². The van der Waals surface area contributed by atoms with Gasteiger partial charge in [-0.1, -0.05) is 11.6 Å². The zero-order valence-electron chi connectivity index (χ0n) is 9.01. The number of amides is 2. The molecule has 1 aromatic rings. The molecule has 0 aliphatic carbocycles. The maximum Gasteiger partial charge on any atom is 0.309 e. The highest BCUT2D eigenvalue weighted by Gasteiger charge is 2.27. The quantitative estimate of drug-likeness (QED) is 0.739. The van der Waals surface area contributed by atoms with Gasteiger partial charge in [-0.05, 0) is 30.2 Å². The van der Waals surface area contributed by atoms with Crippen LogP contribution in [0, 0.1) is 12.7 Å². The number of aryl methyl sites for hydroxylation is 1. The van der Waals surface area contributed by atoms with Crippen molar-refractivity contribution in [3.05, 3.63) is 34.1 Å². The molecule has 17 heavy (non-hydrogen) atoms. The minimum absolute atomic E-state index is 0.201. The van der Waals surface area contributed by atoms with E-state index in [-0.39, 0.29) is 6.54 Å². The predicted octanol–water partition coefficient (Wildman–Crippen LogP) is 1.07. The van der Waals surface area contributed by atoms with Crippen molar-refractivity contribution < 1.29 is 14.0 Å². The Morgan fingerprint density at radius 2 is 2.06 bits per heavy atom. The fraction of sp³-hybridized carbons (Fsp3) is 0.273. The molecule has 4 nitrogen and oxygen atoms in total. The number of rotatable bonds is 1. The van der Waals surface area contributed by atoms with Gasteiger partial charge in [-0.15, -0.1) is 0 Å². The first-order valence-corrected chi connectivity index (χ1v) is 5.41. The standard InChI is InChI=1S/C11H10ClFN2O2/c1-5-2-7(12)6(3-8(5)13)9-4-14-10(16)11(17)15-9/h2-3,9H,4H2,1H3,(H,14,16)(H,15,17). The third kappa shape index (κ3) is 2.24. The Balaban J connectivity index is 2.32. The second-order valence-electron chi connectivity index (χ2n) is 3.86. The van der Waals surface area contributed by atoms with E-state index in [2.05, 4.69) is 10.6 Å². The second kappa shape index (κ2) is 4.33. The molecule has 1 fully saturated rings. The lowest BCUT2D eigenvalue weighted by Gasteiger charge is -2.24. The highest BCUT2D eigenvalue weighted by atomic mass is 35.5. The topological polar surface area (TPSA) is 58.2 Å². The van der Waals surface area contributed by atoms with Gasteiger partial charge in [0.05, 0.1) is 6.04 Å². The molecular formula is C11H10ClFN2O2. The van der Waals surface area contributed by atoms with Crippen LogP contribution in [0.2, 0.25) is 5.02 Å². The number of nitrogens with one attached hydrogen (secondary N) is 2. The number of halogens is 2. The summed E-state index contributed by atoms with van der Waals surface area (Å²) in [6.07, 6.45) is 0. The van der Waals surface area contributed by atoms with Gasteiger partial charge in [0.2, 0.25) is 0 Å². The molecule has 1 atom stereocenters. The van der Waals surface area contributed by atoms with E-state index in [1.54, 1.807) is 6.92 Å². The molecule has 1 heterocycles. The number of benzene rings is 1. The van der Waals surface area contributed by atoms with E-state index < -0.39 is 23.7 Å². The second-order valence-corrected chi connectivity index (χ2v) is 4.27. The van der Waals surface area contributed by atoms with Crippen LogP contribution in [0.15, 0.2) is 12.1 Å². The third-order valence-corrected chi connectivity index (χ3v) is 2.96. The molecule has 1 saturated heterocycles. The van der Waals surface area contributed by atoms with E-state index in [4.69, 9.17) is 11.6 Å². The van der Waals surface area contributed by atoms with Gasteiger partial charge in [0.15, 0.2) is 0 Å². The van der Waals surface area contributed by atoms with Crippen molar-refractivity contribution in [3.63, 3.8) is 0 Å². The summed E-state index contributed by atoms with van der Waals surface area (Å²) in [7, 11) is 0. The molecule has 0 saturated carbocycles. The summed E-state index contributed by atoms with van der Waals surface area (Å²) in [4.78, 5) is 22.1. The molecule has 2 rings (SSSR count). The van der Waals surface area contributed by atoms with Gasteiger partial charge < -0.3 is 10.6 Å². The van der Waals surface area contributed by atoms with Crippen molar-refractivity contribution in [1.82, 2.24) is 10.6 Å². The minimum Gasteiger partial charge on any atom is -0.345 e. The van der Waals surface area contributed by atoms with E-state index in [0.29, 0.717) is 16.1 Å². The van der Waals surface area contributed by atoms with E-state index in [1.165, 1.54) is 12.1 Å². The normalized spacial score (nSPS) is 19.8. The lowest BCUT2D eigenvalue weighted by atomic mass is 10.0. The molecule has 1 aliphatic heterocycles. The largest absolute Gasteiger partial charge is 0.345 e. The average Bonchev–Trinajstić information content (AvgIpc) is 2.27. The molecule has 0 radical (unpaired) electrons. The van der Waals surface area contributed by atoms with Crippen LogP contribution in [0.25, 0.3) is 0 Å². The number of carbonyl (C=O) groups is 2. The summed E-state index contributed by atoms with van der Waals surface area (Å²) in [6.45, 7) is 1.80. The lowest BCUT2D eigenvalue weighted by Crippen LogP contribution is -2.51. The van der Waals surface area contributed by atoms with Crippen LogP contribution in [0.5, 0.6) is 0 Å². The van der Waals surface area contributed by atoms with Crippen LogP contribution in [0.1, 0.15) is 17.2 Å². The lowest BCUT2D eigenvalue weighted by molar-refractivity contribution is -0.141. The molecule has 1 aromatic carbocycles. The zero-order valence-corrected chi connectivity index (χ0v) is 9.77. The first-order valence-electron chi connectivity index (χ1n) is 5.03. The van der Waals surface area contributed by atoms with Crippen LogP contribution >= 0.6 is 11.6 Å². The summed E-state index contributed by atoms with van der Waals surface area (Å²) < 4.78 is 13.4. The molecular weight excluding hydrogens is 247 g/mol. The smallest absolute Gasteiger partial charge is 0.309 e. The Labute approximate surface area is 102 Å². The average molecular weight is 257 g/mol. The van der Waals surface area contributed by atoms with Crippen molar-refractivity contribution >= 4 is 23.4 Å². The number of hydrogen-bond acceptors (Lipinski definition) is 2. The summed E-state index contributed by atoms with van der Waals surface area (Å²) in [5.74, 6) is -1.82. The van der Waals surface area contributed by atoms with E-state index in [9.17, 15) is 14.0 Å². The molecule has 90 valence electrons. The number of hydrogen-bond donors (Lipinski definition) is 2. The van der Waals surface area contributed by atoms with Gasteiger partial charge in [0.1, 0.15) is 5.82 Å². The Hall–Kier alpha value is -1.62. The fourth-order valence-corrected chi connectivity index (χ4v) is 2.02. The van der Waals surface area contributed by atoms with E-state index in [1.807, 2.05) is 0 Å². The fourth-order valence-electron chi connectivity index (χ4n) is 1.67. The van der Waals surface area contributed by atoms with Crippen LogP contribution in [0.3, 0.4) is 0 Å². The van der Waals surface area contributed by atoms with Crippen molar-refractivity contribution in [3.8, 4) is 0 Å². The highest BCUT2D eigenvalue weighted by Crippen LogP contribution is 2.26. The van der Waals surface area contributed by atoms with Crippen LogP contribution < -0.4 is 10.6 Å². The summed E-state index contributed by atoms with van der Waals surface area (Å²) in [5, 5.41) is 5.24. The van der Waals surface area contributed by atoms with Gasteiger partial charge in [0.25, 0.3) is 0 Å². The van der Waals surface area contributed by atoms with Crippen LogP contribution in [-0.4, -0.2) is 18.4 Å². The Morgan fingerprint density at radius 1 is 1.35 bits per heavy atom. The monoisotopic (exact) mass is 256 g/mol. The number of piperazine rings is 1. The maximum absolute atomic E-state index is 13.4. The third-order valence-electron chi connectivity index (χ3n) is 2.63. The number of carbonyl (C=O) groups excluding carboxylic acids is 2. The molecule has 2 N–H and O–H groups in total. The SMILES string of the molecule is Cc1cc(Cl)c(C2CNC(=O)C(=O)N2)cc1F. The molecule has 2 amide bonds. The highest BCUT2D eigenvalue weighted by molar-refractivity contribution is 6.36. The Morgan fingerprint density at radius 3 is 2.71 bits per heavy atom. The van der Waals surface area contributed by atoms with Crippen molar-refractivity contribution in [2.75, 3.05) is 6.54 Å². The Bertz CT molecular complexity index is 504. The van der Waals surface area contributed by atoms with Crippen molar-refractivity contribution in [2.24, 2.45) is 0 Å². The van der Waals surface area contributed by atoms with E-state index >= 15 is 0 Å². The molecule has 0 bridgehead atoms. The zero-order chi connectivity index (χ0) is 12.6. The van der Waals surface area contributed by atoms with Crippen LogP contribution in [0.4, 0.5) is 4.39 Å². The minimum atomic E-state index is -0.738. The van der Waals surface area contributed by atoms with Gasteiger partial charge in [-0.25, -0.2) is 4.39 Å². The molecule has 0 spiro atoms. The maximum atomic E-state index is 13.4. The summed E-state index contributed by atoms with van der Waals surface area (Å²) in [6, 6.07) is 2.28. The molecule has 1 aliphatic rings. The van der Waals surface area contributed by atoms with Gasteiger partial charge >= 0.3 is 11.8 Å². The first kappa shape index (κ1) is 11.9. The van der Waals surface area contributed by atoms with E-state index in [0.717, 1.165) is 0 Å². The Kier molecular flexibility index (Phi) is 3.02. The molecule has 1 unspecified atom stereocenters. The molecule has 0 aromatic heterocycles. The summed E-state index contributed by atoms with van der Waals surface area (Å²) >= 11 is 5.99. The van der Waals surface area contributed by atoms with Crippen LogP contribution in [-0.2, 0) is 9.59 Å². The first-order chi connectivity index (χ1) is 7.99.